The van der Waals surface area contributed by atoms with Gasteiger partial charge in [0.25, 0.3) is 0 Å². The van der Waals surface area contributed by atoms with E-state index in [9.17, 15) is 5.11 Å². The van der Waals surface area contributed by atoms with Crippen molar-refractivity contribution < 1.29 is 5.11 Å². The van der Waals surface area contributed by atoms with Gasteiger partial charge in [0.15, 0.2) is 0 Å². The van der Waals surface area contributed by atoms with E-state index in [1.165, 1.54) is 5.56 Å². The molecule has 2 atom stereocenters. The summed E-state index contributed by atoms with van der Waals surface area (Å²) < 4.78 is 0. The number of hydrogen-bond donors (Lipinski definition) is 2. The number of aliphatic hydroxyl groups is 1. The molecule has 1 aliphatic heterocycles. The minimum Gasteiger partial charge on any atom is -0.388 e. The highest BCUT2D eigenvalue weighted by Crippen LogP contribution is 2.29. The van der Waals surface area contributed by atoms with E-state index in [0.717, 1.165) is 17.9 Å². The maximum atomic E-state index is 10.4. The normalized spacial score (nSPS) is 25.6. The summed E-state index contributed by atoms with van der Waals surface area (Å²) in [7, 11) is 0. The molecule has 0 amide bonds. The Kier molecular flexibility index (Phi) is 4.71. The highest BCUT2D eigenvalue weighted by molar-refractivity contribution is 7.99. The lowest BCUT2D eigenvalue weighted by atomic mass is 9.94. The third-order valence-corrected chi connectivity index (χ3v) is 4.79. The molecule has 1 aromatic rings. The van der Waals surface area contributed by atoms with Crippen molar-refractivity contribution in [3.8, 4) is 0 Å². The van der Waals surface area contributed by atoms with Gasteiger partial charge in [-0.1, -0.05) is 44.2 Å². The monoisotopic (exact) mass is 265 g/mol. The lowest BCUT2D eigenvalue weighted by Crippen LogP contribution is -2.43. The molecule has 100 valence electrons. The predicted octanol–water partition coefficient (Wildman–Crippen LogP) is 2.84. The third kappa shape index (κ3) is 3.50. The van der Waals surface area contributed by atoms with Gasteiger partial charge in [-0.05, 0) is 23.7 Å². The topological polar surface area (TPSA) is 32.3 Å². The average Bonchev–Trinajstić information content (AvgIpc) is 2.78. The maximum absolute atomic E-state index is 10.4. The van der Waals surface area contributed by atoms with Crippen molar-refractivity contribution in [2.75, 3.05) is 18.1 Å². The van der Waals surface area contributed by atoms with Gasteiger partial charge in [0.2, 0.25) is 0 Å². The Morgan fingerprint density at radius 2 is 2.06 bits per heavy atom. The summed E-state index contributed by atoms with van der Waals surface area (Å²) in [6.07, 6.45) is 0.907. The van der Waals surface area contributed by atoms with Gasteiger partial charge in [0.05, 0.1) is 5.60 Å². The van der Waals surface area contributed by atoms with Crippen LogP contribution in [0.4, 0.5) is 0 Å². The first-order valence-corrected chi connectivity index (χ1v) is 7.85. The van der Waals surface area contributed by atoms with E-state index in [-0.39, 0.29) is 0 Å². The molecule has 2 nitrogen and oxygen atoms in total. The molecule has 0 aromatic heterocycles. The van der Waals surface area contributed by atoms with Gasteiger partial charge in [-0.2, -0.15) is 11.8 Å². The van der Waals surface area contributed by atoms with Crippen LogP contribution in [0.15, 0.2) is 30.3 Å². The van der Waals surface area contributed by atoms with Gasteiger partial charge in [0.1, 0.15) is 0 Å². The highest BCUT2D eigenvalue weighted by atomic mass is 32.2. The van der Waals surface area contributed by atoms with Crippen molar-refractivity contribution in [2.45, 2.75) is 31.9 Å². The van der Waals surface area contributed by atoms with E-state index in [2.05, 4.69) is 43.4 Å². The van der Waals surface area contributed by atoms with Crippen molar-refractivity contribution in [3.63, 3.8) is 0 Å². The highest BCUT2D eigenvalue weighted by Gasteiger charge is 2.32. The molecule has 0 spiro atoms. The smallest absolute Gasteiger partial charge is 0.0869 e. The van der Waals surface area contributed by atoms with Crippen LogP contribution in [-0.4, -0.2) is 28.8 Å². The van der Waals surface area contributed by atoms with Crippen LogP contribution in [0.2, 0.25) is 0 Å². The zero-order valence-corrected chi connectivity index (χ0v) is 12.0. The summed E-state index contributed by atoms with van der Waals surface area (Å²) in [5.41, 5.74) is 0.800. The number of nitrogens with one attached hydrogen (secondary N) is 1. The Hall–Kier alpha value is -0.510. The lowest BCUT2D eigenvalue weighted by Gasteiger charge is -2.28. The molecule has 18 heavy (non-hydrogen) atoms. The lowest BCUT2D eigenvalue weighted by molar-refractivity contribution is 0.0626. The Bertz CT molecular complexity index is 360. The molecule has 3 heteroatoms. The summed E-state index contributed by atoms with van der Waals surface area (Å²) in [4.78, 5) is 0. The van der Waals surface area contributed by atoms with Crippen LogP contribution in [0.25, 0.3) is 0 Å². The molecule has 2 unspecified atom stereocenters. The van der Waals surface area contributed by atoms with Crippen LogP contribution >= 0.6 is 11.8 Å². The van der Waals surface area contributed by atoms with Crippen LogP contribution in [0.1, 0.15) is 31.9 Å². The van der Waals surface area contributed by atoms with Crippen LogP contribution in [-0.2, 0) is 0 Å². The molecule has 0 bridgehead atoms. The molecule has 1 fully saturated rings. The van der Waals surface area contributed by atoms with Crippen LogP contribution in [0.5, 0.6) is 0 Å². The Morgan fingerprint density at radius 3 is 2.61 bits per heavy atom. The van der Waals surface area contributed by atoms with Crippen molar-refractivity contribution >= 4 is 11.8 Å². The standard InChI is InChI=1S/C15H23NOS/c1-12(2)14(13-6-4-3-5-7-13)16-10-15(17)8-9-18-11-15/h3-7,12,14,16-17H,8-11H2,1-2H3. The van der Waals surface area contributed by atoms with Gasteiger partial charge < -0.3 is 10.4 Å². The molecule has 0 saturated carbocycles. The first kappa shape index (κ1) is 13.9. The molecule has 2 N–H and O–H groups in total. The quantitative estimate of drug-likeness (QED) is 0.858. The van der Waals surface area contributed by atoms with Crippen LogP contribution < -0.4 is 5.32 Å². The van der Waals surface area contributed by atoms with E-state index in [0.29, 0.717) is 18.5 Å². The molecular weight excluding hydrogens is 242 g/mol. The van der Waals surface area contributed by atoms with E-state index in [4.69, 9.17) is 0 Å². The second kappa shape index (κ2) is 6.09. The second-order valence-electron chi connectivity index (χ2n) is 5.54. The molecule has 0 aliphatic carbocycles. The van der Waals surface area contributed by atoms with Crippen molar-refractivity contribution in [1.29, 1.82) is 0 Å². The van der Waals surface area contributed by atoms with Crippen LogP contribution in [0, 0.1) is 5.92 Å². The van der Waals surface area contributed by atoms with Crippen LogP contribution in [0.3, 0.4) is 0 Å². The molecule has 1 saturated heterocycles. The predicted molar refractivity (Wildman–Crippen MR) is 78.9 cm³/mol. The largest absolute Gasteiger partial charge is 0.388 e. The summed E-state index contributed by atoms with van der Waals surface area (Å²) in [6, 6.07) is 10.8. The summed E-state index contributed by atoms with van der Waals surface area (Å²) >= 11 is 1.85. The van der Waals surface area contributed by atoms with Gasteiger partial charge in [-0.15, -0.1) is 0 Å². The van der Waals surface area contributed by atoms with E-state index in [1.807, 2.05) is 17.8 Å². The van der Waals surface area contributed by atoms with Gasteiger partial charge in [-0.25, -0.2) is 0 Å². The fraction of sp³-hybridized carbons (Fsp3) is 0.600. The van der Waals surface area contributed by atoms with E-state index < -0.39 is 5.60 Å². The van der Waals surface area contributed by atoms with Gasteiger partial charge in [0, 0.05) is 18.3 Å². The first-order chi connectivity index (χ1) is 8.61. The maximum Gasteiger partial charge on any atom is 0.0869 e. The Morgan fingerprint density at radius 1 is 1.33 bits per heavy atom. The minimum absolute atomic E-state index is 0.320. The minimum atomic E-state index is -0.507. The SMILES string of the molecule is CC(C)C(NCC1(O)CCSC1)c1ccccc1. The summed E-state index contributed by atoms with van der Waals surface area (Å²) in [5, 5.41) is 13.9. The summed E-state index contributed by atoms with van der Waals surface area (Å²) in [5.74, 6) is 2.46. The molecule has 1 heterocycles. The number of rotatable bonds is 5. The van der Waals surface area contributed by atoms with Crippen molar-refractivity contribution in [1.82, 2.24) is 5.32 Å². The average molecular weight is 265 g/mol. The van der Waals surface area contributed by atoms with Crippen molar-refractivity contribution in [3.05, 3.63) is 35.9 Å². The number of thioether (sulfide) groups is 1. The van der Waals surface area contributed by atoms with Gasteiger partial charge >= 0.3 is 0 Å². The van der Waals surface area contributed by atoms with Crippen molar-refractivity contribution in [2.24, 2.45) is 5.92 Å². The van der Waals surface area contributed by atoms with Gasteiger partial charge in [-0.3, -0.25) is 0 Å². The third-order valence-electron chi connectivity index (χ3n) is 3.56. The molecule has 1 aromatic carbocycles. The zero-order valence-electron chi connectivity index (χ0n) is 11.2. The molecule has 1 aliphatic rings. The fourth-order valence-corrected chi connectivity index (χ4v) is 3.73. The molecule has 0 radical (unpaired) electrons. The zero-order chi connectivity index (χ0) is 13.0. The fourth-order valence-electron chi connectivity index (χ4n) is 2.43. The Balaban J connectivity index is 1.99. The Labute approximate surface area is 114 Å². The summed E-state index contributed by atoms with van der Waals surface area (Å²) in [6.45, 7) is 5.13. The molecular formula is C15H23NOS. The number of hydrogen-bond acceptors (Lipinski definition) is 3. The molecule has 2 rings (SSSR count). The first-order valence-electron chi connectivity index (χ1n) is 6.69. The number of benzene rings is 1. The second-order valence-corrected chi connectivity index (χ2v) is 6.65. The van der Waals surface area contributed by atoms with E-state index >= 15 is 0 Å². The van der Waals surface area contributed by atoms with E-state index in [1.54, 1.807) is 0 Å².